The molecule has 0 saturated heterocycles. The van der Waals surface area contributed by atoms with Gasteiger partial charge in [0.25, 0.3) is 5.91 Å². The summed E-state index contributed by atoms with van der Waals surface area (Å²) in [5.41, 5.74) is 2.92. The highest BCUT2D eigenvalue weighted by molar-refractivity contribution is 7.84. The van der Waals surface area contributed by atoms with Gasteiger partial charge in [-0.05, 0) is 105 Å². The maximum absolute atomic E-state index is 12.9. The lowest BCUT2D eigenvalue weighted by molar-refractivity contribution is -0.113. The average molecular weight is 613 g/mol. The maximum atomic E-state index is 12.9. The van der Waals surface area contributed by atoms with E-state index in [9.17, 15) is 13.8 Å². The van der Waals surface area contributed by atoms with Crippen LogP contribution in [0.5, 0.6) is 5.75 Å². The largest absolute Gasteiger partial charge is 0.493 e. The van der Waals surface area contributed by atoms with Gasteiger partial charge >= 0.3 is 0 Å². The van der Waals surface area contributed by atoms with E-state index in [0.717, 1.165) is 50.1 Å². The van der Waals surface area contributed by atoms with E-state index in [-0.39, 0.29) is 28.9 Å². The van der Waals surface area contributed by atoms with E-state index in [2.05, 4.69) is 41.8 Å². The topological polar surface area (TPSA) is 75.7 Å². The SMILES string of the molecule is CCCc1cc(Cl)ccc1C1COc2ccc(cc2)C(=O)NS(=O)C(C)C(C)C/C=C/C(C=O)C2CCC2CN(C)C1. The number of benzene rings is 2. The smallest absolute Gasteiger partial charge is 0.262 e. The number of rotatable bonds is 4. The Kier molecular flexibility index (Phi) is 11.8. The second-order valence-electron chi connectivity index (χ2n) is 12.1. The van der Waals surface area contributed by atoms with Gasteiger partial charge in [-0.1, -0.05) is 50.1 Å². The molecule has 2 heterocycles. The number of hydrogen-bond donors (Lipinski definition) is 1. The van der Waals surface area contributed by atoms with Gasteiger partial charge in [-0.3, -0.25) is 9.52 Å². The molecular weight excluding hydrogens is 568 g/mol. The van der Waals surface area contributed by atoms with Gasteiger partial charge in [0, 0.05) is 35.5 Å². The Morgan fingerprint density at radius 1 is 1.12 bits per heavy atom. The second-order valence-corrected chi connectivity index (χ2v) is 14.1. The summed E-state index contributed by atoms with van der Waals surface area (Å²) in [6, 6.07) is 13.2. The summed E-state index contributed by atoms with van der Waals surface area (Å²) in [5, 5.41) is 0.500. The molecule has 6 nitrogen and oxygen atoms in total. The third kappa shape index (κ3) is 8.33. The number of fused-ring (bicyclic) bond motifs is 14. The van der Waals surface area contributed by atoms with E-state index in [4.69, 9.17) is 16.3 Å². The van der Waals surface area contributed by atoms with Crippen molar-refractivity contribution in [3.63, 3.8) is 0 Å². The molecule has 0 spiro atoms. The van der Waals surface area contributed by atoms with E-state index in [1.165, 1.54) is 11.1 Å². The molecule has 0 aromatic heterocycles. The van der Waals surface area contributed by atoms with Gasteiger partial charge in [0.1, 0.15) is 23.0 Å². The molecular formula is C34H45ClN2O4S. The number of allylic oxidation sites excluding steroid dienone is 2. The van der Waals surface area contributed by atoms with Crippen LogP contribution in [0.15, 0.2) is 54.6 Å². The molecule has 1 amide bonds. The molecule has 2 aromatic carbocycles. The molecule has 1 aliphatic carbocycles. The number of likely N-dealkylation sites (N-methyl/N-ethyl adjacent to an activating group) is 1. The number of nitrogens with zero attached hydrogens (tertiary/aromatic N) is 1. The molecule has 3 aliphatic rings. The molecule has 7 unspecified atom stereocenters. The van der Waals surface area contributed by atoms with Gasteiger partial charge < -0.3 is 14.4 Å². The van der Waals surface area contributed by atoms with Crippen LogP contribution in [0.25, 0.3) is 0 Å². The second kappa shape index (κ2) is 15.3. The summed E-state index contributed by atoms with van der Waals surface area (Å²) in [7, 11) is 0.628. The molecule has 0 radical (unpaired) electrons. The van der Waals surface area contributed by atoms with Gasteiger partial charge in [0.2, 0.25) is 0 Å². The number of nitrogens with one attached hydrogen (secondary N) is 1. The van der Waals surface area contributed by atoms with Crippen LogP contribution in [0, 0.1) is 23.7 Å². The Morgan fingerprint density at radius 3 is 2.55 bits per heavy atom. The molecule has 5 rings (SSSR count). The molecule has 42 heavy (non-hydrogen) atoms. The van der Waals surface area contributed by atoms with Gasteiger partial charge in [0.15, 0.2) is 0 Å². The van der Waals surface area contributed by atoms with Crippen LogP contribution in [-0.4, -0.2) is 53.3 Å². The van der Waals surface area contributed by atoms with Crippen molar-refractivity contribution < 1.29 is 18.5 Å². The van der Waals surface area contributed by atoms with Crippen molar-refractivity contribution in [2.75, 3.05) is 26.7 Å². The zero-order valence-corrected chi connectivity index (χ0v) is 26.8. The normalized spacial score (nSPS) is 30.6. The summed E-state index contributed by atoms with van der Waals surface area (Å²) in [6.07, 6.45) is 10.0. The number of aryl methyl sites for hydroxylation is 1. The lowest BCUT2D eigenvalue weighted by Gasteiger charge is -2.42. The lowest BCUT2D eigenvalue weighted by atomic mass is 9.67. The first-order valence-electron chi connectivity index (χ1n) is 15.2. The number of aldehydes is 1. The Hall–Kier alpha value is -2.48. The first-order chi connectivity index (χ1) is 20.2. The quantitative estimate of drug-likeness (QED) is 0.311. The Labute approximate surface area is 258 Å². The Balaban J connectivity index is 1.62. The van der Waals surface area contributed by atoms with Crippen molar-refractivity contribution in [1.29, 1.82) is 0 Å². The highest BCUT2D eigenvalue weighted by Crippen LogP contribution is 2.40. The van der Waals surface area contributed by atoms with Crippen molar-refractivity contribution >= 4 is 34.8 Å². The fraction of sp³-hybridized carbons (Fsp3) is 0.529. The predicted octanol–water partition coefficient (Wildman–Crippen LogP) is 6.61. The zero-order chi connectivity index (χ0) is 30.2. The van der Waals surface area contributed by atoms with E-state index in [1.807, 2.05) is 26.0 Å². The van der Waals surface area contributed by atoms with Gasteiger partial charge in [-0.2, -0.15) is 0 Å². The molecule has 228 valence electrons. The van der Waals surface area contributed by atoms with Gasteiger partial charge in [0.05, 0.1) is 11.9 Å². The lowest BCUT2D eigenvalue weighted by Crippen LogP contribution is -2.41. The average Bonchev–Trinajstić information content (AvgIpc) is 2.96. The minimum atomic E-state index is -1.53. The van der Waals surface area contributed by atoms with Crippen LogP contribution < -0.4 is 9.46 Å². The Bertz CT molecular complexity index is 1270. The predicted molar refractivity (Wildman–Crippen MR) is 171 cm³/mol. The number of halogens is 1. The van der Waals surface area contributed by atoms with Crippen molar-refractivity contribution in [1.82, 2.24) is 9.62 Å². The van der Waals surface area contributed by atoms with Crippen molar-refractivity contribution in [3.05, 3.63) is 76.3 Å². The summed E-state index contributed by atoms with van der Waals surface area (Å²) in [5.74, 6) is 1.15. The minimum absolute atomic E-state index is 0.0743. The summed E-state index contributed by atoms with van der Waals surface area (Å²) < 4.78 is 21.9. The minimum Gasteiger partial charge on any atom is -0.493 e. The van der Waals surface area contributed by atoms with E-state index in [0.29, 0.717) is 36.2 Å². The van der Waals surface area contributed by atoms with Crippen LogP contribution in [0.2, 0.25) is 5.02 Å². The molecule has 1 fully saturated rings. The summed E-state index contributed by atoms with van der Waals surface area (Å²) in [6.45, 7) is 8.30. The van der Waals surface area contributed by atoms with Crippen LogP contribution in [-0.2, 0) is 22.2 Å². The van der Waals surface area contributed by atoms with Crippen LogP contribution in [0.4, 0.5) is 0 Å². The summed E-state index contributed by atoms with van der Waals surface area (Å²) >= 11 is 6.39. The standard InChI is InChI=1S/C34H45ClN2O4S/c1-5-7-26-18-30(35)13-17-32(26)29-20-37(4)19-27-12-16-33(27)28(21-38)9-6-8-23(2)24(3)42(40)36-34(39)25-10-14-31(15-11-25)41-22-29/h6,9-11,13-15,17-18,21,23-24,27-29,33H,5,7-8,12,16,19-20,22H2,1-4H3,(H,36,39)/b9-6+. The zero-order valence-electron chi connectivity index (χ0n) is 25.3. The fourth-order valence-electron chi connectivity index (χ4n) is 6.16. The fourth-order valence-corrected chi connectivity index (χ4v) is 7.38. The first kappa shape index (κ1) is 32.4. The number of carbonyl (C=O) groups is 2. The highest BCUT2D eigenvalue weighted by atomic mass is 35.5. The number of carbonyl (C=O) groups excluding carboxylic acids is 2. The van der Waals surface area contributed by atoms with Gasteiger partial charge in [-0.15, -0.1) is 0 Å². The third-order valence-electron chi connectivity index (χ3n) is 9.04. The summed E-state index contributed by atoms with van der Waals surface area (Å²) in [4.78, 5) is 27.3. The monoisotopic (exact) mass is 612 g/mol. The van der Waals surface area contributed by atoms with E-state index >= 15 is 0 Å². The number of hydrogen-bond acceptors (Lipinski definition) is 5. The molecule has 2 aromatic rings. The van der Waals surface area contributed by atoms with Crippen molar-refractivity contribution in [2.24, 2.45) is 23.7 Å². The van der Waals surface area contributed by atoms with Crippen molar-refractivity contribution in [2.45, 2.75) is 64.0 Å². The third-order valence-corrected chi connectivity index (χ3v) is 10.8. The molecule has 8 heteroatoms. The molecule has 2 aliphatic heterocycles. The number of ether oxygens (including phenoxy) is 1. The maximum Gasteiger partial charge on any atom is 0.262 e. The Morgan fingerprint density at radius 2 is 1.88 bits per heavy atom. The van der Waals surface area contributed by atoms with Crippen LogP contribution in [0.1, 0.15) is 73.9 Å². The molecule has 2 bridgehead atoms. The van der Waals surface area contributed by atoms with Crippen LogP contribution >= 0.6 is 11.6 Å². The first-order valence-corrected chi connectivity index (χ1v) is 16.8. The highest BCUT2D eigenvalue weighted by Gasteiger charge is 2.36. The van der Waals surface area contributed by atoms with E-state index < -0.39 is 11.0 Å². The molecule has 1 saturated carbocycles. The van der Waals surface area contributed by atoms with Crippen molar-refractivity contribution in [3.8, 4) is 5.75 Å². The van der Waals surface area contributed by atoms with Crippen LogP contribution in [0.3, 0.4) is 0 Å². The number of amides is 1. The molecule has 7 atom stereocenters. The van der Waals surface area contributed by atoms with Gasteiger partial charge in [-0.25, -0.2) is 4.21 Å². The molecule has 1 N–H and O–H groups in total. The van der Waals surface area contributed by atoms with E-state index in [1.54, 1.807) is 24.3 Å².